The molecule has 13 heavy (non-hydrogen) atoms. The Bertz CT molecular complexity index is 265. The molecule has 1 aromatic carbocycles. The Morgan fingerprint density at radius 1 is 1.31 bits per heavy atom. The molecule has 0 aromatic heterocycles. The molecule has 0 spiro atoms. The number of hydrogen-bond donors (Lipinski definition) is 1. The van der Waals surface area contributed by atoms with Crippen molar-refractivity contribution < 1.29 is 0 Å². The highest BCUT2D eigenvalue weighted by Crippen LogP contribution is 2.09. The van der Waals surface area contributed by atoms with Gasteiger partial charge in [0.05, 0.1) is 0 Å². The van der Waals surface area contributed by atoms with E-state index in [-0.39, 0.29) is 0 Å². The van der Waals surface area contributed by atoms with Crippen LogP contribution in [0.15, 0.2) is 36.9 Å². The Balaban J connectivity index is 2.50. The van der Waals surface area contributed by atoms with Gasteiger partial charge in [0, 0.05) is 20.6 Å². The quantitative estimate of drug-likeness (QED) is 0.703. The van der Waals surface area contributed by atoms with E-state index in [0.29, 0.717) is 0 Å². The van der Waals surface area contributed by atoms with Crippen molar-refractivity contribution in [2.75, 3.05) is 20.6 Å². The molecule has 1 rings (SSSR count). The third kappa shape index (κ3) is 3.40. The zero-order valence-electron chi connectivity index (χ0n) is 8.25. The van der Waals surface area contributed by atoms with Crippen LogP contribution in [0.4, 0.5) is 0 Å². The van der Waals surface area contributed by atoms with E-state index in [2.05, 4.69) is 24.1 Å². The van der Waals surface area contributed by atoms with E-state index in [0.717, 1.165) is 12.1 Å². The van der Waals surface area contributed by atoms with Gasteiger partial charge in [0.15, 0.2) is 0 Å². The molecule has 1 N–H and O–H groups in total. The van der Waals surface area contributed by atoms with Crippen molar-refractivity contribution in [2.45, 2.75) is 0 Å². The predicted octanol–water partition coefficient (Wildman–Crippen LogP) is 1.77. The summed E-state index contributed by atoms with van der Waals surface area (Å²) in [5, 5.41) is 1.92. The van der Waals surface area contributed by atoms with Crippen LogP contribution in [0.25, 0.3) is 5.57 Å². The van der Waals surface area contributed by atoms with Crippen molar-refractivity contribution in [3.05, 3.63) is 42.5 Å². The van der Waals surface area contributed by atoms with Gasteiger partial charge in [-0.15, -0.1) is 0 Å². The third-order valence-electron chi connectivity index (χ3n) is 1.79. The molecular weight excluding hydrogens is 160 g/mol. The van der Waals surface area contributed by atoms with Crippen LogP contribution in [0.5, 0.6) is 0 Å². The first-order chi connectivity index (χ1) is 6.20. The molecule has 2 nitrogen and oxygen atoms in total. The van der Waals surface area contributed by atoms with Gasteiger partial charge in [-0.25, -0.2) is 0 Å². The second-order valence-corrected chi connectivity index (χ2v) is 3.20. The molecule has 0 amide bonds. The standard InChI is InChI=1S/C11H16N2/c1-10(9-12-13(2)3)11-7-5-4-6-8-11/h4-8,12H,1,9H2,2-3H3. The molecule has 0 atom stereocenters. The van der Waals surface area contributed by atoms with Crippen molar-refractivity contribution >= 4 is 5.57 Å². The van der Waals surface area contributed by atoms with Gasteiger partial charge in [0.1, 0.15) is 0 Å². The lowest BCUT2D eigenvalue weighted by atomic mass is 10.1. The van der Waals surface area contributed by atoms with Crippen LogP contribution in [0.2, 0.25) is 0 Å². The maximum absolute atomic E-state index is 4.01. The monoisotopic (exact) mass is 176 g/mol. The lowest BCUT2D eigenvalue weighted by Crippen LogP contribution is -2.31. The number of hydrazine groups is 1. The highest BCUT2D eigenvalue weighted by atomic mass is 15.5. The summed E-state index contributed by atoms with van der Waals surface area (Å²) >= 11 is 0. The Hall–Kier alpha value is -1.12. The van der Waals surface area contributed by atoms with Crippen molar-refractivity contribution in [1.82, 2.24) is 10.4 Å². The van der Waals surface area contributed by atoms with Crippen LogP contribution in [0, 0.1) is 0 Å². The number of nitrogens with zero attached hydrogens (tertiary/aromatic N) is 1. The molecule has 0 radical (unpaired) electrons. The van der Waals surface area contributed by atoms with Gasteiger partial charge in [-0.2, -0.15) is 0 Å². The number of benzene rings is 1. The van der Waals surface area contributed by atoms with Crippen molar-refractivity contribution in [2.24, 2.45) is 0 Å². The molecule has 1 aromatic rings. The van der Waals surface area contributed by atoms with Crippen LogP contribution < -0.4 is 5.43 Å². The number of hydrogen-bond acceptors (Lipinski definition) is 2. The first-order valence-corrected chi connectivity index (χ1v) is 4.34. The average Bonchev–Trinajstić information content (AvgIpc) is 2.15. The first kappa shape index (κ1) is 9.96. The maximum atomic E-state index is 4.01. The lowest BCUT2D eigenvalue weighted by molar-refractivity contribution is 0.309. The Labute approximate surface area is 79.8 Å². The van der Waals surface area contributed by atoms with Crippen LogP contribution in [0.1, 0.15) is 5.56 Å². The van der Waals surface area contributed by atoms with E-state index in [1.807, 2.05) is 37.3 Å². The summed E-state index contributed by atoms with van der Waals surface area (Å²) in [6, 6.07) is 10.2. The molecule has 0 fully saturated rings. The third-order valence-corrected chi connectivity index (χ3v) is 1.79. The molecule has 0 unspecified atom stereocenters. The van der Waals surface area contributed by atoms with Crippen molar-refractivity contribution in [3.8, 4) is 0 Å². The Kier molecular flexibility index (Phi) is 3.68. The molecule has 0 aliphatic heterocycles. The summed E-state index contributed by atoms with van der Waals surface area (Å²) in [7, 11) is 3.94. The predicted molar refractivity (Wildman–Crippen MR) is 57.2 cm³/mol. The van der Waals surface area contributed by atoms with Crippen LogP contribution in [-0.2, 0) is 0 Å². The van der Waals surface area contributed by atoms with Gasteiger partial charge >= 0.3 is 0 Å². The first-order valence-electron chi connectivity index (χ1n) is 4.34. The van der Waals surface area contributed by atoms with Crippen molar-refractivity contribution in [3.63, 3.8) is 0 Å². The van der Waals surface area contributed by atoms with Gasteiger partial charge in [-0.1, -0.05) is 36.9 Å². The van der Waals surface area contributed by atoms with Crippen LogP contribution in [0.3, 0.4) is 0 Å². The largest absolute Gasteiger partial charge is 0.251 e. The average molecular weight is 176 g/mol. The van der Waals surface area contributed by atoms with E-state index in [1.165, 1.54) is 5.56 Å². The molecule has 0 aliphatic rings. The molecular formula is C11H16N2. The fourth-order valence-electron chi connectivity index (χ4n) is 1.03. The molecule has 0 aliphatic carbocycles. The van der Waals surface area contributed by atoms with Crippen molar-refractivity contribution in [1.29, 1.82) is 0 Å². The normalized spacial score (nSPS) is 10.4. The van der Waals surface area contributed by atoms with E-state index in [1.54, 1.807) is 0 Å². The molecule has 2 heteroatoms. The van der Waals surface area contributed by atoms with Gasteiger partial charge in [0.2, 0.25) is 0 Å². The highest BCUT2D eigenvalue weighted by Gasteiger charge is 1.96. The van der Waals surface area contributed by atoms with E-state index in [9.17, 15) is 0 Å². The van der Waals surface area contributed by atoms with Crippen LogP contribution >= 0.6 is 0 Å². The molecule has 0 bridgehead atoms. The fraction of sp³-hybridized carbons (Fsp3) is 0.273. The minimum absolute atomic E-state index is 0.789. The van der Waals surface area contributed by atoms with E-state index >= 15 is 0 Å². The number of nitrogens with one attached hydrogen (secondary N) is 1. The second-order valence-electron chi connectivity index (χ2n) is 3.20. The SMILES string of the molecule is C=C(CNN(C)C)c1ccccc1. The summed E-state index contributed by atoms with van der Waals surface area (Å²) in [6.45, 7) is 4.80. The van der Waals surface area contributed by atoms with Gasteiger partial charge in [-0.3, -0.25) is 10.4 Å². The minimum atomic E-state index is 0.789. The molecule has 70 valence electrons. The zero-order valence-corrected chi connectivity index (χ0v) is 8.25. The maximum Gasteiger partial charge on any atom is 0.0353 e. The lowest BCUT2D eigenvalue weighted by Gasteiger charge is -2.13. The summed E-state index contributed by atoms with van der Waals surface area (Å²) in [6.07, 6.45) is 0. The Morgan fingerprint density at radius 2 is 1.92 bits per heavy atom. The summed E-state index contributed by atoms with van der Waals surface area (Å²) < 4.78 is 0. The zero-order chi connectivity index (χ0) is 9.68. The van der Waals surface area contributed by atoms with Crippen LogP contribution in [-0.4, -0.2) is 25.6 Å². The Morgan fingerprint density at radius 3 is 2.46 bits per heavy atom. The summed E-state index contributed by atoms with van der Waals surface area (Å²) in [5.74, 6) is 0. The molecule has 0 saturated heterocycles. The minimum Gasteiger partial charge on any atom is -0.251 e. The highest BCUT2D eigenvalue weighted by molar-refractivity contribution is 5.64. The van der Waals surface area contributed by atoms with Gasteiger partial charge in [-0.05, 0) is 11.1 Å². The van der Waals surface area contributed by atoms with Gasteiger partial charge < -0.3 is 0 Å². The van der Waals surface area contributed by atoms with E-state index in [4.69, 9.17) is 0 Å². The summed E-state index contributed by atoms with van der Waals surface area (Å²) in [4.78, 5) is 0. The number of rotatable bonds is 4. The van der Waals surface area contributed by atoms with E-state index < -0.39 is 0 Å². The topological polar surface area (TPSA) is 15.3 Å². The van der Waals surface area contributed by atoms with Gasteiger partial charge in [0.25, 0.3) is 0 Å². The fourth-order valence-corrected chi connectivity index (χ4v) is 1.03. The smallest absolute Gasteiger partial charge is 0.0353 e. The second kappa shape index (κ2) is 4.80. The summed E-state index contributed by atoms with van der Waals surface area (Å²) in [5.41, 5.74) is 5.47. The molecule has 0 heterocycles. The molecule has 0 saturated carbocycles.